The van der Waals surface area contributed by atoms with Crippen molar-refractivity contribution in [3.05, 3.63) is 34.3 Å². The molecule has 20 heavy (non-hydrogen) atoms. The van der Waals surface area contributed by atoms with Crippen LogP contribution in [0.25, 0.3) is 0 Å². The van der Waals surface area contributed by atoms with E-state index in [2.05, 4.69) is 5.32 Å². The standard InChI is InChI=1S/C15H20ClNO3/c1-9-7-10(5-6-11(9)16)14(20)12(8-13(18)19)17-15(2,3)4/h5-7,12,17H,8H2,1-4H3,(H,18,19). The summed E-state index contributed by atoms with van der Waals surface area (Å²) in [6.45, 7) is 7.48. The molecule has 2 N–H and O–H groups in total. The van der Waals surface area contributed by atoms with Gasteiger partial charge in [0.05, 0.1) is 12.5 Å². The van der Waals surface area contributed by atoms with Crippen LogP contribution in [0.1, 0.15) is 43.1 Å². The highest BCUT2D eigenvalue weighted by Gasteiger charge is 2.27. The van der Waals surface area contributed by atoms with E-state index < -0.39 is 12.0 Å². The van der Waals surface area contributed by atoms with Gasteiger partial charge in [-0.15, -0.1) is 0 Å². The van der Waals surface area contributed by atoms with Gasteiger partial charge in [0.25, 0.3) is 0 Å². The average molecular weight is 298 g/mol. The number of rotatable bonds is 5. The minimum Gasteiger partial charge on any atom is -0.481 e. The number of nitrogens with one attached hydrogen (secondary N) is 1. The SMILES string of the molecule is Cc1cc(C(=O)C(CC(=O)O)NC(C)(C)C)ccc1Cl. The number of carboxylic acid groups (broad SMARTS) is 1. The second-order valence-electron chi connectivity index (χ2n) is 5.87. The van der Waals surface area contributed by atoms with Crippen molar-refractivity contribution in [1.82, 2.24) is 5.32 Å². The minimum absolute atomic E-state index is 0.234. The first-order chi connectivity index (χ1) is 9.10. The van der Waals surface area contributed by atoms with E-state index in [-0.39, 0.29) is 17.7 Å². The Hall–Kier alpha value is -1.39. The van der Waals surface area contributed by atoms with Crippen LogP contribution in [-0.4, -0.2) is 28.4 Å². The van der Waals surface area contributed by atoms with Crippen LogP contribution >= 0.6 is 11.6 Å². The maximum atomic E-state index is 12.5. The molecule has 0 heterocycles. The van der Waals surface area contributed by atoms with Gasteiger partial charge in [-0.25, -0.2) is 0 Å². The molecule has 110 valence electrons. The van der Waals surface area contributed by atoms with Gasteiger partial charge in [-0.05, 0) is 51.5 Å². The first-order valence-corrected chi connectivity index (χ1v) is 6.78. The molecule has 4 nitrogen and oxygen atoms in total. The number of carboxylic acids is 1. The Labute approximate surface area is 124 Å². The van der Waals surface area contributed by atoms with Gasteiger partial charge in [0.15, 0.2) is 5.78 Å². The molecule has 1 atom stereocenters. The van der Waals surface area contributed by atoms with Gasteiger partial charge < -0.3 is 10.4 Å². The Morgan fingerprint density at radius 3 is 2.40 bits per heavy atom. The Morgan fingerprint density at radius 2 is 1.95 bits per heavy atom. The second kappa shape index (κ2) is 6.37. The second-order valence-corrected chi connectivity index (χ2v) is 6.28. The molecule has 0 saturated heterocycles. The fourth-order valence-electron chi connectivity index (χ4n) is 1.91. The molecule has 0 radical (unpaired) electrons. The van der Waals surface area contributed by atoms with Gasteiger partial charge in [-0.2, -0.15) is 0 Å². The van der Waals surface area contributed by atoms with Crippen LogP contribution in [0, 0.1) is 6.92 Å². The van der Waals surface area contributed by atoms with E-state index in [1.54, 1.807) is 18.2 Å². The summed E-state index contributed by atoms with van der Waals surface area (Å²) in [6.07, 6.45) is -0.252. The quantitative estimate of drug-likeness (QED) is 0.820. The highest BCUT2D eigenvalue weighted by atomic mass is 35.5. The van der Waals surface area contributed by atoms with Crippen LogP contribution in [0.15, 0.2) is 18.2 Å². The number of halogens is 1. The Bertz CT molecular complexity index is 520. The van der Waals surface area contributed by atoms with Crippen molar-refractivity contribution >= 4 is 23.4 Å². The lowest BCUT2D eigenvalue weighted by Crippen LogP contribution is -2.48. The van der Waals surface area contributed by atoms with E-state index >= 15 is 0 Å². The van der Waals surface area contributed by atoms with Crippen LogP contribution < -0.4 is 5.32 Å². The van der Waals surface area contributed by atoms with Crippen molar-refractivity contribution in [3.8, 4) is 0 Å². The number of aryl methyl sites for hydroxylation is 1. The molecule has 1 aromatic carbocycles. The lowest BCUT2D eigenvalue weighted by atomic mass is 9.97. The first kappa shape index (κ1) is 16.7. The highest BCUT2D eigenvalue weighted by Crippen LogP contribution is 2.18. The van der Waals surface area contributed by atoms with E-state index in [1.807, 2.05) is 27.7 Å². The Morgan fingerprint density at radius 1 is 1.35 bits per heavy atom. The van der Waals surface area contributed by atoms with E-state index in [4.69, 9.17) is 16.7 Å². The smallest absolute Gasteiger partial charge is 0.305 e. The predicted molar refractivity (Wildman–Crippen MR) is 79.4 cm³/mol. The summed E-state index contributed by atoms with van der Waals surface area (Å²) < 4.78 is 0. The molecular weight excluding hydrogens is 278 g/mol. The van der Waals surface area contributed by atoms with Crippen molar-refractivity contribution in [3.63, 3.8) is 0 Å². The van der Waals surface area contributed by atoms with Gasteiger partial charge >= 0.3 is 5.97 Å². The molecular formula is C15H20ClNO3. The number of carbonyl (C=O) groups is 2. The van der Waals surface area contributed by atoms with Gasteiger partial charge in [0.1, 0.15) is 0 Å². The zero-order valence-electron chi connectivity index (χ0n) is 12.2. The molecule has 1 unspecified atom stereocenters. The molecule has 0 spiro atoms. The molecule has 0 aromatic heterocycles. The lowest BCUT2D eigenvalue weighted by Gasteiger charge is -2.27. The largest absolute Gasteiger partial charge is 0.481 e. The number of Topliss-reactive ketones (excluding diaryl/α,β-unsaturated/α-hetero) is 1. The number of aliphatic carboxylic acids is 1. The molecule has 0 aliphatic rings. The molecule has 1 rings (SSSR count). The zero-order chi connectivity index (χ0) is 15.5. The van der Waals surface area contributed by atoms with Gasteiger partial charge in [-0.1, -0.05) is 11.6 Å². The van der Waals surface area contributed by atoms with E-state index in [1.165, 1.54) is 0 Å². The Balaban J connectivity index is 3.02. The predicted octanol–water partition coefficient (Wildman–Crippen LogP) is 3.06. The van der Waals surface area contributed by atoms with Crippen molar-refractivity contribution in [2.45, 2.75) is 45.7 Å². The number of benzene rings is 1. The van der Waals surface area contributed by atoms with Crippen molar-refractivity contribution in [2.75, 3.05) is 0 Å². The van der Waals surface area contributed by atoms with Gasteiger partial charge in [0.2, 0.25) is 0 Å². The minimum atomic E-state index is -1.01. The van der Waals surface area contributed by atoms with Crippen molar-refractivity contribution in [2.24, 2.45) is 0 Å². The summed E-state index contributed by atoms with van der Waals surface area (Å²) in [4.78, 5) is 23.4. The fourth-order valence-corrected chi connectivity index (χ4v) is 2.02. The maximum Gasteiger partial charge on any atom is 0.305 e. The van der Waals surface area contributed by atoms with Crippen LogP contribution in [0.4, 0.5) is 0 Å². The third-order valence-electron chi connectivity index (χ3n) is 2.74. The molecule has 0 aliphatic carbocycles. The van der Waals surface area contributed by atoms with Crippen LogP contribution in [0.2, 0.25) is 5.02 Å². The normalized spacial score (nSPS) is 13.1. The van der Waals surface area contributed by atoms with Crippen LogP contribution in [-0.2, 0) is 4.79 Å². The average Bonchev–Trinajstić information content (AvgIpc) is 2.28. The third-order valence-corrected chi connectivity index (χ3v) is 3.17. The molecule has 5 heteroatoms. The highest BCUT2D eigenvalue weighted by molar-refractivity contribution is 6.31. The lowest BCUT2D eigenvalue weighted by molar-refractivity contribution is -0.137. The summed E-state index contributed by atoms with van der Waals surface area (Å²) in [5.74, 6) is -1.24. The number of hydrogen-bond acceptors (Lipinski definition) is 3. The summed E-state index contributed by atoms with van der Waals surface area (Å²) in [5, 5.41) is 12.6. The molecule has 0 amide bonds. The first-order valence-electron chi connectivity index (χ1n) is 6.40. The summed E-state index contributed by atoms with van der Waals surface area (Å²) in [6, 6.07) is 4.20. The van der Waals surface area contributed by atoms with Gasteiger partial charge in [0, 0.05) is 16.1 Å². The number of ketones is 1. The summed E-state index contributed by atoms with van der Waals surface area (Å²) >= 11 is 5.93. The number of carbonyl (C=O) groups excluding carboxylic acids is 1. The van der Waals surface area contributed by atoms with Crippen molar-refractivity contribution < 1.29 is 14.7 Å². The Kier molecular flexibility index (Phi) is 5.31. The molecule has 1 aromatic rings. The maximum absolute atomic E-state index is 12.5. The van der Waals surface area contributed by atoms with E-state index in [9.17, 15) is 9.59 Å². The van der Waals surface area contributed by atoms with Crippen molar-refractivity contribution in [1.29, 1.82) is 0 Å². The van der Waals surface area contributed by atoms with Gasteiger partial charge in [-0.3, -0.25) is 9.59 Å². The van der Waals surface area contributed by atoms with E-state index in [0.29, 0.717) is 10.6 Å². The zero-order valence-corrected chi connectivity index (χ0v) is 12.9. The van der Waals surface area contributed by atoms with Crippen LogP contribution in [0.3, 0.4) is 0 Å². The van der Waals surface area contributed by atoms with E-state index in [0.717, 1.165) is 5.56 Å². The third kappa shape index (κ3) is 4.94. The summed E-state index contributed by atoms with van der Waals surface area (Å²) in [5.41, 5.74) is 0.911. The van der Waals surface area contributed by atoms with Crippen LogP contribution in [0.5, 0.6) is 0 Å². The number of hydrogen-bond donors (Lipinski definition) is 2. The molecule has 0 fully saturated rings. The summed E-state index contributed by atoms with van der Waals surface area (Å²) in [7, 11) is 0. The fraction of sp³-hybridized carbons (Fsp3) is 0.467. The molecule has 0 saturated carbocycles. The molecule has 0 bridgehead atoms. The molecule has 0 aliphatic heterocycles. The monoisotopic (exact) mass is 297 g/mol. The topological polar surface area (TPSA) is 66.4 Å².